The summed E-state index contributed by atoms with van der Waals surface area (Å²) < 4.78 is 62.4. The van der Waals surface area contributed by atoms with Crippen LogP contribution in [0.4, 0.5) is 17.1 Å². The van der Waals surface area contributed by atoms with Gasteiger partial charge in [-0.05, 0) is 6.92 Å². The van der Waals surface area contributed by atoms with E-state index in [-0.39, 0.29) is 13.6 Å². The monoisotopic (exact) mass is 196 g/mol. The van der Waals surface area contributed by atoms with Gasteiger partial charge in [-0.15, -0.1) is 0 Å². The minimum Gasteiger partial charge on any atom is -0.251 e. The molecule has 0 radical (unpaired) electrons. The van der Waals surface area contributed by atoms with Crippen LogP contribution in [0.5, 0.6) is 0 Å². The zero-order chi connectivity index (χ0) is 9.71. The second-order valence-corrected chi connectivity index (χ2v) is 3.11. The maximum absolute atomic E-state index is 11.3. The van der Waals surface area contributed by atoms with E-state index >= 15 is 0 Å². The Balaban J connectivity index is 0. The van der Waals surface area contributed by atoms with Crippen molar-refractivity contribution in [3.63, 3.8) is 0 Å². The summed E-state index contributed by atoms with van der Waals surface area (Å²) in [4.78, 5) is 0. The summed E-state index contributed by atoms with van der Waals surface area (Å²) in [5.74, 6) is 0. The van der Waals surface area contributed by atoms with Crippen molar-refractivity contribution in [2.24, 2.45) is 0 Å². The van der Waals surface area contributed by atoms with E-state index < -0.39 is 15.5 Å². The molecule has 0 aliphatic heterocycles. The molecule has 0 aromatic carbocycles. The van der Waals surface area contributed by atoms with Crippen molar-refractivity contribution >= 4 is 10.2 Å². The van der Waals surface area contributed by atoms with Gasteiger partial charge < -0.3 is 0 Å². The predicted octanol–water partition coefficient (Wildman–Crippen LogP) is 1.87. The van der Waals surface area contributed by atoms with Crippen molar-refractivity contribution in [1.29, 1.82) is 0 Å². The highest BCUT2D eigenvalue weighted by Gasteiger charge is 2.39. The standard InChI is InChI=1S/C2H3F3O2S.C2H5F/c1-2(3,4)8(5,6)7;1-2-3/h1H3;2H2,1H3. The lowest BCUT2D eigenvalue weighted by molar-refractivity contribution is 0.108. The lowest BCUT2D eigenvalue weighted by Gasteiger charge is -2.00. The van der Waals surface area contributed by atoms with E-state index in [4.69, 9.17) is 0 Å². The van der Waals surface area contributed by atoms with Crippen molar-refractivity contribution in [1.82, 2.24) is 0 Å². The molecular formula is C4H8F4O2S. The summed E-state index contributed by atoms with van der Waals surface area (Å²) in [7, 11) is -5.67. The van der Waals surface area contributed by atoms with Gasteiger partial charge in [-0.1, -0.05) is 3.89 Å². The van der Waals surface area contributed by atoms with Crippen LogP contribution >= 0.6 is 0 Å². The molecule has 0 aromatic heterocycles. The maximum atomic E-state index is 11.3. The minimum atomic E-state index is -5.67. The number of alkyl halides is 3. The molecule has 0 spiro atoms. The highest BCUT2D eigenvalue weighted by atomic mass is 32.3. The van der Waals surface area contributed by atoms with Crippen LogP contribution in [0.1, 0.15) is 13.8 Å². The highest BCUT2D eigenvalue weighted by Crippen LogP contribution is 2.21. The Labute approximate surface area is 62.4 Å². The summed E-state index contributed by atoms with van der Waals surface area (Å²) in [5, 5.41) is -4.26. The molecule has 0 aliphatic carbocycles. The summed E-state index contributed by atoms with van der Waals surface area (Å²) >= 11 is 0. The van der Waals surface area contributed by atoms with Gasteiger partial charge in [0.25, 0.3) is 0 Å². The van der Waals surface area contributed by atoms with Crippen molar-refractivity contribution in [2.75, 3.05) is 6.67 Å². The fourth-order valence-electron chi connectivity index (χ4n) is 0. The van der Waals surface area contributed by atoms with Gasteiger partial charge in [0.1, 0.15) is 0 Å². The Morgan fingerprint density at radius 2 is 1.45 bits per heavy atom. The fraction of sp³-hybridized carbons (Fsp3) is 1.00. The molecule has 0 saturated heterocycles. The van der Waals surface area contributed by atoms with Crippen LogP contribution in [0.15, 0.2) is 0 Å². The number of hydrogen-bond donors (Lipinski definition) is 0. The molecule has 0 aromatic rings. The van der Waals surface area contributed by atoms with E-state index in [0.717, 1.165) is 0 Å². The van der Waals surface area contributed by atoms with E-state index in [1.54, 1.807) is 0 Å². The highest BCUT2D eigenvalue weighted by molar-refractivity contribution is 7.87. The van der Waals surface area contributed by atoms with Crippen LogP contribution in [0.25, 0.3) is 0 Å². The van der Waals surface area contributed by atoms with Crippen LogP contribution in [-0.2, 0) is 10.2 Å². The van der Waals surface area contributed by atoms with E-state index in [9.17, 15) is 25.5 Å². The fourth-order valence-corrected chi connectivity index (χ4v) is 0. The molecule has 0 atom stereocenters. The van der Waals surface area contributed by atoms with Crippen molar-refractivity contribution < 1.29 is 25.5 Å². The SMILES string of the molecule is CC(F)(F)S(=O)(=O)F.CCF. The molecule has 7 heteroatoms. The first-order valence-electron chi connectivity index (χ1n) is 2.54. The first-order valence-corrected chi connectivity index (χ1v) is 3.93. The van der Waals surface area contributed by atoms with Crippen LogP contribution in [-0.4, -0.2) is 20.3 Å². The van der Waals surface area contributed by atoms with Gasteiger partial charge in [0.05, 0.1) is 6.67 Å². The van der Waals surface area contributed by atoms with Crippen molar-refractivity contribution in [3.05, 3.63) is 0 Å². The van der Waals surface area contributed by atoms with E-state index in [1.807, 2.05) is 0 Å². The molecule has 70 valence electrons. The van der Waals surface area contributed by atoms with Crippen molar-refractivity contribution in [3.8, 4) is 0 Å². The molecule has 0 rings (SSSR count). The van der Waals surface area contributed by atoms with Crippen LogP contribution < -0.4 is 0 Å². The Morgan fingerprint density at radius 1 is 1.36 bits per heavy atom. The number of halogens is 4. The molecule has 0 saturated carbocycles. The van der Waals surface area contributed by atoms with Gasteiger partial charge in [-0.3, -0.25) is 4.39 Å². The smallest absolute Gasteiger partial charge is 0.251 e. The lowest BCUT2D eigenvalue weighted by atomic mass is 10.9. The number of hydrogen-bond acceptors (Lipinski definition) is 2. The normalized spacial score (nSPS) is 11.8. The molecule has 0 amide bonds. The zero-order valence-corrected chi connectivity index (χ0v) is 6.76. The van der Waals surface area contributed by atoms with E-state index in [2.05, 4.69) is 0 Å². The van der Waals surface area contributed by atoms with Crippen molar-refractivity contribution in [2.45, 2.75) is 19.1 Å². The Bertz CT molecular complexity index is 181. The van der Waals surface area contributed by atoms with Crippen LogP contribution in [0, 0.1) is 0 Å². The second kappa shape index (κ2) is 4.53. The second-order valence-electron chi connectivity index (χ2n) is 1.51. The summed E-state index contributed by atoms with van der Waals surface area (Å²) in [6.07, 6.45) is 0. The molecule has 0 N–H and O–H groups in total. The van der Waals surface area contributed by atoms with Gasteiger partial charge in [-0.2, -0.15) is 17.2 Å². The summed E-state index contributed by atoms with van der Waals surface area (Å²) in [5.41, 5.74) is 0. The quantitative estimate of drug-likeness (QED) is 0.474. The van der Waals surface area contributed by atoms with Gasteiger partial charge in [0.15, 0.2) is 0 Å². The molecule has 0 bridgehead atoms. The van der Waals surface area contributed by atoms with Gasteiger partial charge in [-0.25, -0.2) is 0 Å². The minimum absolute atomic E-state index is 0.0255. The number of rotatable bonds is 1. The largest absolute Gasteiger partial charge is 0.371 e. The third-order valence-corrected chi connectivity index (χ3v) is 1.28. The van der Waals surface area contributed by atoms with Crippen LogP contribution in [0.2, 0.25) is 0 Å². The van der Waals surface area contributed by atoms with E-state index in [1.165, 1.54) is 6.92 Å². The Hall–Kier alpha value is -0.330. The van der Waals surface area contributed by atoms with Gasteiger partial charge >= 0.3 is 15.5 Å². The topological polar surface area (TPSA) is 34.1 Å². The lowest BCUT2D eigenvalue weighted by Crippen LogP contribution is -2.19. The summed E-state index contributed by atoms with van der Waals surface area (Å²) in [6, 6.07) is 0. The maximum Gasteiger partial charge on any atom is 0.371 e. The molecule has 11 heavy (non-hydrogen) atoms. The molecule has 0 fully saturated rings. The predicted molar refractivity (Wildman–Crippen MR) is 32.3 cm³/mol. The third kappa shape index (κ3) is 7.57. The Kier molecular flexibility index (Phi) is 5.46. The molecule has 2 nitrogen and oxygen atoms in total. The molecule has 0 heterocycles. The molecular weight excluding hydrogens is 188 g/mol. The molecule has 0 aliphatic rings. The molecule has 0 unspecified atom stereocenters. The average Bonchev–Trinajstić information content (AvgIpc) is 1.60. The first kappa shape index (κ1) is 13.3. The third-order valence-electron chi connectivity index (χ3n) is 0.428. The van der Waals surface area contributed by atoms with E-state index in [0.29, 0.717) is 0 Å². The average molecular weight is 196 g/mol. The first-order chi connectivity index (χ1) is 4.66. The van der Waals surface area contributed by atoms with Crippen LogP contribution in [0.3, 0.4) is 0 Å². The summed E-state index contributed by atoms with van der Waals surface area (Å²) in [6.45, 7) is 1.18. The van der Waals surface area contributed by atoms with Gasteiger partial charge in [0.2, 0.25) is 0 Å². The van der Waals surface area contributed by atoms with Gasteiger partial charge in [0, 0.05) is 6.92 Å². The Morgan fingerprint density at radius 3 is 1.45 bits per heavy atom. The zero-order valence-electron chi connectivity index (χ0n) is 5.94.